The molecule has 6 heteroatoms. The molecule has 0 saturated heterocycles. The van der Waals surface area contributed by atoms with Gasteiger partial charge in [0.1, 0.15) is 6.54 Å². The fourth-order valence-corrected chi connectivity index (χ4v) is 3.25. The van der Waals surface area contributed by atoms with Crippen molar-refractivity contribution in [3.63, 3.8) is 0 Å². The summed E-state index contributed by atoms with van der Waals surface area (Å²) in [4.78, 5) is 25.5. The zero-order chi connectivity index (χ0) is 16.0. The van der Waals surface area contributed by atoms with Crippen molar-refractivity contribution in [2.24, 2.45) is 5.92 Å². The fraction of sp³-hybridized carbons (Fsp3) is 0.467. The first-order chi connectivity index (χ1) is 9.79. The molecular formula is C15H20BrNO3S. The molecule has 0 aromatic heterocycles. The van der Waals surface area contributed by atoms with Crippen molar-refractivity contribution >= 4 is 39.6 Å². The number of carboxylic acid groups (broad SMARTS) is 1. The van der Waals surface area contributed by atoms with Crippen molar-refractivity contribution < 1.29 is 14.7 Å². The average Bonchev–Trinajstić information content (AvgIpc) is 2.35. The van der Waals surface area contributed by atoms with Crippen LogP contribution < -0.4 is 0 Å². The Balaban J connectivity index is 2.66. The molecule has 1 N–H and O–H groups in total. The van der Waals surface area contributed by atoms with E-state index >= 15 is 0 Å². The molecule has 1 aromatic rings. The topological polar surface area (TPSA) is 57.6 Å². The van der Waals surface area contributed by atoms with E-state index in [1.165, 1.54) is 16.7 Å². The van der Waals surface area contributed by atoms with Crippen LogP contribution in [-0.2, 0) is 9.59 Å². The Kier molecular flexibility index (Phi) is 7.25. The highest BCUT2D eigenvalue weighted by Crippen LogP contribution is 2.25. The maximum atomic E-state index is 12.2. The van der Waals surface area contributed by atoms with Gasteiger partial charge in [-0.2, -0.15) is 0 Å². The number of hydrogen-bond donors (Lipinski definition) is 1. The van der Waals surface area contributed by atoms with Gasteiger partial charge in [-0.1, -0.05) is 29.8 Å². The lowest BCUT2D eigenvalue weighted by atomic mass is 10.2. The second kappa shape index (κ2) is 8.44. The van der Waals surface area contributed by atoms with Crippen LogP contribution in [0.3, 0.4) is 0 Å². The number of halogens is 1. The Labute approximate surface area is 138 Å². The van der Waals surface area contributed by atoms with Crippen molar-refractivity contribution in [1.82, 2.24) is 4.90 Å². The van der Waals surface area contributed by atoms with Gasteiger partial charge in [0, 0.05) is 15.9 Å². The molecule has 1 aromatic carbocycles. The highest BCUT2D eigenvalue weighted by molar-refractivity contribution is 9.10. The minimum atomic E-state index is -0.978. The number of thioether (sulfide) groups is 1. The number of carbonyl (C=O) groups excluding carboxylic acids is 1. The van der Waals surface area contributed by atoms with Crippen molar-refractivity contribution in [2.75, 3.05) is 18.8 Å². The molecule has 0 saturated carbocycles. The van der Waals surface area contributed by atoms with Gasteiger partial charge < -0.3 is 10.0 Å². The summed E-state index contributed by atoms with van der Waals surface area (Å²) < 4.78 is 1.00. The first-order valence-corrected chi connectivity index (χ1v) is 8.46. The molecule has 1 rings (SSSR count). The van der Waals surface area contributed by atoms with Gasteiger partial charge in [0.2, 0.25) is 5.91 Å². The molecule has 0 fully saturated rings. The molecule has 0 bridgehead atoms. The predicted molar refractivity (Wildman–Crippen MR) is 88.7 cm³/mol. The highest BCUT2D eigenvalue weighted by atomic mass is 79.9. The Morgan fingerprint density at radius 3 is 2.57 bits per heavy atom. The maximum absolute atomic E-state index is 12.2. The summed E-state index contributed by atoms with van der Waals surface area (Å²) in [5.41, 5.74) is 1.09. The Bertz CT molecular complexity index is 520. The quantitative estimate of drug-likeness (QED) is 0.743. The largest absolute Gasteiger partial charge is 0.480 e. The zero-order valence-electron chi connectivity index (χ0n) is 12.4. The van der Waals surface area contributed by atoms with Crippen LogP contribution in [0.2, 0.25) is 0 Å². The van der Waals surface area contributed by atoms with E-state index in [1.54, 1.807) is 0 Å². The third-order valence-electron chi connectivity index (χ3n) is 2.75. The lowest BCUT2D eigenvalue weighted by Crippen LogP contribution is -2.39. The lowest BCUT2D eigenvalue weighted by molar-refractivity contribution is -0.143. The summed E-state index contributed by atoms with van der Waals surface area (Å²) in [6.07, 6.45) is 0. The third-order valence-corrected chi connectivity index (χ3v) is 4.41. The minimum absolute atomic E-state index is 0.140. The summed E-state index contributed by atoms with van der Waals surface area (Å²) >= 11 is 4.85. The lowest BCUT2D eigenvalue weighted by Gasteiger charge is -2.22. The van der Waals surface area contributed by atoms with Gasteiger partial charge in [0.15, 0.2) is 0 Å². The number of rotatable bonds is 7. The molecule has 0 aliphatic rings. The second-order valence-electron chi connectivity index (χ2n) is 5.26. The predicted octanol–water partition coefficient (Wildman–Crippen LogP) is 3.42. The van der Waals surface area contributed by atoms with Crippen molar-refractivity contribution in [3.05, 3.63) is 28.2 Å². The minimum Gasteiger partial charge on any atom is -0.480 e. The third kappa shape index (κ3) is 6.52. The molecule has 0 heterocycles. The normalized spacial score (nSPS) is 10.7. The summed E-state index contributed by atoms with van der Waals surface area (Å²) in [6.45, 7) is 6.14. The summed E-state index contributed by atoms with van der Waals surface area (Å²) in [7, 11) is 0. The number of benzene rings is 1. The van der Waals surface area contributed by atoms with Crippen LogP contribution in [-0.4, -0.2) is 40.7 Å². The standard InChI is InChI=1S/C15H20BrNO3S/c1-10(2)7-17(8-15(19)20)14(18)9-21-13-5-4-12(16)6-11(13)3/h4-6,10H,7-9H2,1-3H3,(H,19,20). The second-order valence-corrected chi connectivity index (χ2v) is 7.19. The molecule has 0 unspecified atom stereocenters. The van der Waals surface area contributed by atoms with Crippen molar-refractivity contribution in [2.45, 2.75) is 25.7 Å². The highest BCUT2D eigenvalue weighted by Gasteiger charge is 2.18. The monoisotopic (exact) mass is 373 g/mol. The SMILES string of the molecule is Cc1cc(Br)ccc1SCC(=O)N(CC(=O)O)CC(C)C. The Morgan fingerprint density at radius 1 is 1.38 bits per heavy atom. The van der Waals surface area contributed by atoms with Crippen LogP contribution >= 0.6 is 27.7 Å². The first kappa shape index (κ1) is 18.0. The summed E-state index contributed by atoms with van der Waals surface area (Å²) in [5, 5.41) is 8.90. The number of hydrogen-bond acceptors (Lipinski definition) is 3. The first-order valence-electron chi connectivity index (χ1n) is 6.68. The maximum Gasteiger partial charge on any atom is 0.323 e. The molecule has 1 amide bonds. The van der Waals surface area contributed by atoms with Gasteiger partial charge in [0.05, 0.1) is 5.75 Å². The van der Waals surface area contributed by atoms with Crippen molar-refractivity contribution in [1.29, 1.82) is 0 Å². The molecule has 0 radical (unpaired) electrons. The number of nitrogens with zero attached hydrogens (tertiary/aromatic N) is 1. The van der Waals surface area contributed by atoms with Crippen LogP contribution in [0.15, 0.2) is 27.6 Å². The van der Waals surface area contributed by atoms with Crippen LogP contribution in [0.4, 0.5) is 0 Å². The van der Waals surface area contributed by atoms with Gasteiger partial charge in [-0.25, -0.2) is 0 Å². The van der Waals surface area contributed by atoms with E-state index in [0.717, 1.165) is 14.9 Å². The molecule has 0 aliphatic heterocycles. The van der Waals surface area contributed by atoms with E-state index in [9.17, 15) is 9.59 Å². The summed E-state index contributed by atoms with van der Waals surface area (Å²) in [5.74, 6) is -0.623. The number of amides is 1. The summed E-state index contributed by atoms with van der Waals surface area (Å²) in [6, 6.07) is 5.89. The molecule has 0 atom stereocenters. The van der Waals surface area contributed by atoms with E-state index in [4.69, 9.17) is 5.11 Å². The van der Waals surface area contributed by atoms with E-state index in [2.05, 4.69) is 15.9 Å². The van der Waals surface area contributed by atoms with E-state index < -0.39 is 5.97 Å². The van der Waals surface area contributed by atoms with Gasteiger partial charge in [-0.3, -0.25) is 9.59 Å². The Hall–Kier alpha value is -1.01. The van der Waals surface area contributed by atoms with Crippen LogP contribution in [0.25, 0.3) is 0 Å². The zero-order valence-corrected chi connectivity index (χ0v) is 14.8. The fourth-order valence-electron chi connectivity index (χ4n) is 1.86. The number of aliphatic carboxylic acids is 1. The smallest absolute Gasteiger partial charge is 0.323 e. The average molecular weight is 374 g/mol. The number of carboxylic acids is 1. The van der Waals surface area contributed by atoms with E-state index in [-0.39, 0.29) is 24.1 Å². The van der Waals surface area contributed by atoms with Gasteiger partial charge in [-0.05, 0) is 36.6 Å². The Morgan fingerprint density at radius 2 is 2.05 bits per heavy atom. The molecule has 116 valence electrons. The molecule has 0 aliphatic carbocycles. The van der Waals surface area contributed by atoms with Gasteiger partial charge in [0.25, 0.3) is 0 Å². The van der Waals surface area contributed by atoms with Crippen LogP contribution in [0.1, 0.15) is 19.4 Å². The van der Waals surface area contributed by atoms with E-state index in [1.807, 2.05) is 39.0 Å². The molecule has 4 nitrogen and oxygen atoms in total. The van der Waals surface area contributed by atoms with Crippen LogP contribution in [0.5, 0.6) is 0 Å². The molecule has 21 heavy (non-hydrogen) atoms. The van der Waals surface area contributed by atoms with Crippen molar-refractivity contribution in [3.8, 4) is 0 Å². The molecular weight excluding hydrogens is 354 g/mol. The van der Waals surface area contributed by atoms with Crippen LogP contribution in [0, 0.1) is 12.8 Å². The number of aryl methyl sites for hydroxylation is 1. The van der Waals surface area contributed by atoms with E-state index in [0.29, 0.717) is 6.54 Å². The number of carbonyl (C=O) groups is 2. The molecule has 0 spiro atoms. The van der Waals surface area contributed by atoms with Gasteiger partial charge in [-0.15, -0.1) is 11.8 Å². The van der Waals surface area contributed by atoms with Gasteiger partial charge >= 0.3 is 5.97 Å².